The zero-order valence-corrected chi connectivity index (χ0v) is 10.9. The minimum Gasteiger partial charge on any atom is -0.394 e. The molecule has 0 saturated carbocycles. The SMILES string of the molecule is CCc1nc(N)c(C)c(N2CCOC(CO)C2)n1. The smallest absolute Gasteiger partial charge is 0.137 e. The van der Waals surface area contributed by atoms with Crippen molar-refractivity contribution < 1.29 is 9.84 Å². The third kappa shape index (κ3) is 2.54. The van der Waals surface area contributed by atoms with Gasteiger partial charge in [0.1, 0.15) is 17.5 Å². The van der Waals surface area contributed by atoms with E-state index in [0.29, 0.717) is 19.0 Å². The molecule has 2 heterocycles. The van der Waals surface area contributed by atoms with E-state index in [1.165, 1.54) is 0 Å². The Kier molecular flexibility index (Phi) is 3.98. The molecule has 0 spiro atoms. The predicted molar refractivity (Wildman–Crippen MR) is 69.6 cm³/mol. The van der Waals surface area contributed by atoms with Crippen molar-refractivity contribution in [1.29, 1.82) is 0 Å². The van der Waals surface area contributed by atoms with Gasteiger partial charge in [-0.15, -0.1) is 0 Å². The second-order valence-corrected chi connectivity index (χ2v) is 4.45. The highest BCUT2D eigenvalue weighted by molar-refractivity contribution is 5.56. The third-order valence-electron chi connectivity index (χ3n) is 3.16. The van der Waals surface area contributed by atoms with Crippen LogP contribution in [0.3, 0.4) is 0 Å². The molecule has 3 N–H and O–H groups in total. The summed E-state index contributed by atoms with van der Waals surface area (Å²) >= 11 is 0. The van der Waals surface area contributed by atoms with E-state index < -0.39 is 0 Å². The van der Waals surface area contributed by atoms with Crippen LogP contribution in [0, 0.1) is 6.92 Å². The number of rotatable bonds is 3. The fourth-order valence-corrected chi connectivity index (χ4v) is 2.06. The van der Waals surface area contributed by atoms with Crippen LogP contribution in [0.1, 0.15) is 18.3 Å². The molecule has 1 aromatic heterocycles. The largest absolute Gasteiger partial charge is 0.394 e. The van der Waals surface area contributed by atoms with Crippen LogP contribution in [0.25, 0.3) is 0 Å². The lowest BCUT2D eigenvalue weighted by atomic mass is 10.2. The van der Waals surface area contributed by atoms with E-state index in [2.05, 4.69) is 14.9 Å². The summed E-state index contributed by atoms with van der Waals surface area (Å²) in [6.07, 6.45) is 0.602. The normalized spacial score (nSPS) is 20.2. The van der Waals surface area contributed by atoms with Crippen molar-refractivity contribution in [2.24, 2.45) is 0 Å². The Bertz CT molecular complexity index is 425. The van der Waals surface area contributed by atoms with Gasteiger partial charge >= 0.3 is 0 Å². The predicted octanol–water partition coefficient (Wildman–Crippen LogP) is 0.127. The van der Waals surface area contributed by atoms with Crippen LogP contribution in [-0.2, 0) is 11.2 Å². The lowest BCUT2D eigenvalue weighted by Crippen LogP contribution is -2.45. The summed E-state index contributed by atoms with van der Waals surface area (Å²) in [5.74, 6) is 2.14. The number of morpholine rings is 1. The van der Waals surface area contributed by atoms with Crippen molar-refractivity contribution in [2.75, 3.05) is 36.9 Å². The summed E-state index contributed by atoms with van der Waals surface area (Å²) in [6, 6.07) is 0. The van der Waals surface area contributed by atoms with Crippen LogP contribution in [-0.4, -0.2) is 47.5 Å². The summed E-state index contributed by atoms with van der Waals surface area (Å²) in [6.45, 7) is 5.94. The second-order valence-electron chi connectivity index (χ2n) is 4.45. The van der Waals surface area contributed by atoms with Gasteiger partial charge in [0.15, 0.2) is 0 Å². The Hall–Kier alpha value is -1.40. The Morgan fingerprint density at radius 2 is 2.28 bits per heavy atom. The zero-order valence-electron chi connectivity index (χ0n) is 10.9. The van der Waals surface area contributed by atoms with E-state index in [0.717, 1.165) is 30.2 Å². The first-order chi connectivity index (χ1) is 8.65. The molecule has 18 heavy (non-hydrogen) atoms. The minimum absolute atomic E-state index is 0.0246. The molecular weight excluding hydrogens is 232 g/mol. The Labute approximate surface area is 107 Å². The summed E-state index contributed by atoms with van der Waals surface area (Å²) in [5, 5.41) is 9.17. The van der Waals surface area contributed by atoms with Crippen LogP contribution < -0.4 is 10.6 Å². The maximum atomic E-state index is 9.17. The van der Waals surface area contributed by atoms with Crippen molar-refractivity contribution in [3.63, 3.8) is 0 Å². The topological polar surface area (TPSA) is 84.5 Å². The number of nitrogen functional groups attached to an aromatic ring is 1. The maximum absolute atomic E-state index is 9.17. The van der Waals surface area contributed by atoms with Gasteiger partial charge in [-0.3, -0.25) is 0 Å². The molecule has 1 fully saturated rings. The summed E-state index contributed by atoms with van der Waals surface area (Å²) < 4.78 is 5.44. The molecule has 2 rings (SSSR count). The first kappa shape index (κ1) is 13.0. The quantitative estimate of drug-likeness (QED) is 0.795. The standard InChI is InChI=1S/C12H20N4O2/c1-3-10-14-11(13)8(2)12(15-10)16-4-5-18-9(6-16)7-17/h9,17H,3-7H2,1-2H3,(H2,13,14,15). The number of ether oxygens (including phenoxy) is 1. The van der Waals surface area contributed by atoms with Gasteiger partial charge in [-0.25, -0.2) is 9.97 Å². The first-order valence-corrected chi connectivity index (χ1v) is 6.26. The highest BCUT2D eigenvalue weighted by Gasteiger charge is 2.23. The fraction of sp³-hybridized carbons (Fsp3) is 0.667. The van der Waals surface area contributed by atoms with E-state index in [1.54, 1.807) is 0 Å². The van der Waals surface area contributed by atoms with Crippen molar-refractivity contribution in [2.45, 2.75) is 26.4 Å². The third-order valence-corrected chi connectivity index (χ3v) is 3.16. The summed E-state index contributed by atoms with van der Waals surface area (Å²) in [4.78, 5) is 10.9. The summed E-state index contributed by atoms with van der Waals surface area (Å²) in [5.41, 5.74) is 6.81. The molecular formula is C12H20N4O2. The van der Waals surface area contributed by atoms with Gasteiger partial charge in [0.25, 0.3) is 0 Å². The molecule has 6 heteroatoms. The van der Waals surface area contributed by atoms with Crippen LogP contribution in [0.2, 0.25) is 0 Å². The lowest BCUT2D eigenvalue weighted by Gasteiger charge is -2.33. The van der Waals surface area contributed by atoms with Crippen molar-refractivity contribution in [1.82, 2.24) is 9.97 Å². The monoisotopic (exact) mass is 252 g/mol. The number of anilines is 2. The van der Waals surface area contributed by atoms with Gasteiger partial charge in [-0.2, -0.15) is 0 Å². The van der Waals surface area contributed by atoms with Crippen LogP contribution in [0.5, 0.6) is 0 Å². The zero-order chi connectivity index (χ0) is 13.1. The van der Waals surface area contributed by atoms with Crippen LogP contribution in [0.15, 0.2) is 0 Å². The molecule has 1 aromatic rings. The average molecular weight is 252 g/mol. The van der Waals surface area contributed by atoms with Crippen LogP contribution >= 0.6 is 0 Å². The highest BCUT2D eigenvalue weighted by Crippen LogP contribution is 2.23. The molecule has 1 aliphatic heterocycles. The minimum atomic E-state index is -0.153. The molecule has 0 aromatic carbocycles. The average Bonchev–Trinajstić information content (AvgIpc) is 2.41. The van der Waals surface area contributed by atoms with Gasteiger partial charge in [0, 0.05) is 25.1 Å². The van der Waals surface area contributed by atoms with E-state index in [-0.39, 0.29) is 12.7 Å². The van der Waals surface area contributed by atoms with Gasteiger partial charge in [-0.1, -0.05) is 6.92 Å². The summed E-state index contributed by atoms with van der Waals surface area (Å²) in [7, 11) is 0. The molecule has 1 saturated heterocycles. The van der Waals surface area contributed by atoms with Crippen molar-refractivity contribution in [3.05, 3.63) is 11.4 Å². The number of nitrogens with zero attached hydrogens (tertiary/aromatic N) is 3. The van der Waals surface area contributed by atoms with E-state index in [4.69, 9.17) is 10.5 Å². The van der Waals surface area contributed by atoms with E-state index in [1.807, 2.05) is 13.8 Å². The van der Waals surface area contributed by atoms with Crippen LogP contribution in [0.4, 0.5) is 11.6 Å². The molecule has 0 aliphatic carbocycles. The van der Waals surface area contributed by atoms with E-state index in [9.17, 15) is 5.11 Å². The molecule has 1 atom stereocenters. The van der Waals surface area contributed by atoms with Gasteiger partial charge in [0.05, 0.1) is 19.3 Å². The molecule has 6 nitrogen and oxygen atoms in total. The van der Waals surface area contributed by atoms with Gasteiger partial charge < -0.3 is 20.5 Å². The molecule has 0 amide bonds. The number of aliphatic hydroxyl groups is 1. The first-order valence-electron chi connectivity index (χ1n) is 6.26. The van der Waals surface area contributed by atoms with Gasteiger partial charge in [-0.05, 0) is 6.92 Å². The van der Waals surface area contributed by atoms with Gasteiger partial charge in [0.2, 0.25) is 0 Å². The number of aromatic nitrogens is 2. The number of aliphatic hydroxyl groups excluding tert-OH is 1. The second kappa shape index (κ2) is 5.49. The lowest BCUT2D eigenvalue weighted by molar-refractivity contribution is 0.00332. The Balaban J connectivity index is 2.28. The molecule has 100 valence electrons. The number of nitrogens with two attached hydrogens (primary N) is 1. The van der Waals surface area contributed by atoms with Crippen molar-refractivity contribution in [3.8, 4) is 0 Å². The Morgan fingerprint density at radius 1 is 1.50 bits per heavy atom. The van der Waals surface area contributed by atoms with E-state index >= 15 is 0 Å². The maximum Gasteiger partial charge on any atom is 0.137 e. The molecule has 1 unspecified atom stereocenters. The molecule has 0 bridgehead atoms. The number of aryl methyl sites for hydroxylation is 1. The molecule has 1 aliphatic rings. The number of hydrogen-bond donors (Lipinski definition) is 2. The fourth-order valence-electron chi connectivity index (χ4n) is 2.06. The number of hydrogen-bond acceptors (Lipinski definition) is 6. The Morgan fingerprint density at radius 3 is 2.94 bits per heavy atom. The van der Waals surface area contributed by atoms with Crippen molar-refractivity contribution >= 4 is 11.6 Å². The highest BCUT2D eigenvalue weighted by atomic mass is 16.5. The molecule has 0 radical (unpaired) electrons.